The second-order valence-electron chi connectivity index (χ2n) is 4.57. The van der Waals surface area contributed by atoms with Crippen molar-refractivity contribution in [2.45, 2.75) is 32.1 Å². The molecule has 1 unspecified atom stereocenters. The van der Waals surface area contributed by atoms with Gasteiger partial charge in [0.15, 0.2) is 5.82 Å². The first-order chi connectivity index (χ1) is 8.86. The Kier molecular flexibility index (Phi) is 3.43. The van der Waals surface area contributed by atoms with Crippen molar-refractivity contribution in [3.63, 3.8) is 0 Å². The molecule has 1 atom stereocenters. The molecular weight excluding hydrogens is 248 g/mol. The van der Waals surface area contributed by atoms with E-state index in [1.165, 1.54) is 4.88 Å². The number of aryl methyl sites for hydroxylation is 1. The van der Waals surface area contributed by atoms with Gasteiger partial charge in [-0.1, -0.05) is 18.5 Å². The van der Waals surface area contributed by atoms with Gasteiger partial charge in [0.1, 0.15) is 0 Å². The van der Waals surface area contributed by atoms with Crippen LogP contribution in [0.15, 0.2) is 16.0 Å². The minimum absolute atomic E-state index is 0.302. The lowest BCUT2D eigenvalue weighted by molar-refractivity contribution is 0.192. The van der Waals surface area contributed by atoms with Crippen LogP contribution in [0.4, 0.5) is 0 Å². The van der Waals surface area contributed by atoms with Gasteiger partial charge in [0.05, 0.1) is 12.2 Å². The molecule has 0 radical (unpaired) electrons. The minimum Gasteiger partial charge on any atom is -0.381 e. The molecule has 0 aromatic carbocycles. The molecule has 96 valence electrons. The standard InChI is InChI=1S/C13H16N2O2S/c1-2-3-11-6-10(8-18-11)13-14-12(15-17-13)9-4-5-16-7-9/h6,8-9H,2-5,7H2,1H3. The van der Waals surface area contributed by atoms with Gasteiger partial charge in [0.25, 0.3) is 5.89 Å². The molecule has 1 saturated heterocycles. The van der Waals surface area contributed by atoms with Gasteiger partial charge in [-0.05, 0) is 18.9 Å². The molecule has 0 spiro atoms. The number of aromatic nitrogens is 2. The SMILES string of the molecule is CCCc1cc(-c2nc(C3CCOC3)no2)cs1. The summed E-state index contributed by atoms with van der Waals surface area (Å²) in [5.74, 6) is 1.72. The largest absolute Gasteiger partial charge is 0.381 e. The van der Waals surface area contributed by atoms with E-state index >= 15 is 0 Å². The summed E-state index contributed by atoms with van der Waals surface area (Å²) < 4.78 is 10.7. The van der Waals surface area contributed by atoms with E-state index < -0.39 is 0 Å². The Morgan fingerprint density at radius 3 is 3.22 bits per heavy atom. The molecule has 1 aliphatic rings. The lowest BCUT2D eigenvalue weighted by Crippen LogP contribution is -1.99. The highest BCUT2D eigenvalue weighted by atomic mass is 32.1. The lowest BCUT2D eigenvalue weighted by atomic mass is 10.1. The molecule has 18 heavy (non-hydrogen) atoms. The lowest BCUT2D eigenvalue weighted by Gasteiger charge is -1.97. The zero-order valence-corrected chi connectivity index (χ0v) is 11.2. The molecule has 5 heteroatoms. The number of rotatable bonds is 4. The third-order valence-corrected chi connectivity index (χ3v) is 4.13. The van der Waals surface area contributed by atoms with Crippen LogP contribution in [0, 0.1) is 0 Å². The van der Waals surface area contributed by atoms with Crippen molar-refractivity contribution in [1.82, 2.24) is 10.1 Å². The van der Waals surface area contributed by atoms with Crippen LogP contribution < -0.4 is 0 Å². The Balaban J connectivity index is 1.78. The van der Waals surface area contributed by atoms with Crippen LogP contribution in [0.2, 0.25) is 0 Å². The van der Waals surface area contributed by atoms with Crippen molar-refractivity contribution < 1.29 is 9.26 Å². The molecule has 3 heterocycles. The molecular formula is C13H16N2O2S. The van der Waals surface area contributed by atoms with Crippen molar-refractivity contribution in [2.24, 2.45) is 0 Å². The van der Waals surface area contributed by atoms with Crippen LogP contribution in [0.1, 0.15) is 36.4 Å². The number of thiophene rings is 1. The molecule has 0 bridgehead atoms. The third-order valence-electron chi connectivity index (χ3n) is 3.13. The molecule has 1 aliphatic heterocycles. The smallest absolute Gasteiger partial charge is 0.258 e. The Hall–Kier alpha value is -1.20. The summed E-state index contributed by atoms with van der Waals surface area (Å²) >= 11 is 1.76. The third kappa shape index (κ3) is 2.33. The molecule has 2 aromatic rings. The summed E-state index contributed by atoms with van der Waals surface area (Å²) in [6.45, 7) is 3.70. The highest BCUT2D eigenvalue weighted by Crippen LogP contribution is 2.28. The second kappa shape index (κ2) is 5.20. The average molecular weight is 264 g/mol. The highest BCUT2D eigenvalue weighted by Gasteiger charge is 2.23. The topological polar surface area (TPSA) is 48.2 Å². The molecule has 4 nitrogen and oxygen atoms in total. The van der Waals surface area contributed by atoms with Gasteiger partial charge in [-0.15, -0.1) is 11.3 Å². The maximum Gasteiger partial charge on any atom is 0.258 e. The molecule has 2 aromatic heterocycles. The van der Waals surface area contributed by atoms with E-state index in [1.54, 1.807) is 11.3 Å². The van der Waals surface area contributed by atoms with E-state index in [2.05, 4.69) is 28.5 Å². The Labute approximate surface area is 110 Å². The summed E-state index contributed by atoms with van der Waals surface area (Å²) in [4.78, 5) is 5.86. The highest BCUT2D eigenvalue weighted by molar-refractivity contribution is 7.10. The van der Waals surface area contributed by atoms with Crippen molar-refractivity contribution in [2.75, 3.05) is 13.2 Å². The van der Waals surface area contributed by atoms with Crippen LogP contribution in [0.3, 0.4) is 0 Å². The first-order valence-electron chi connectivity index (χ1n) is 6.36. The zero-order chi connectivity index (χ0) is 12.4. The normalized spacial score (nSPS) is 19.5. The first-order valence-corrected chi connectivity index (χ1v) is 7.24. The first kappa shape index (κ1) is 11.9. The molecule has 3 rings (SSSR count). The predicted octanol–water partition coefficient (Wildman–Crippen LogP) is 3.25. The van der Waals surface area contributed by atoms with E-state index in [9.17, 15) is 0 Å². The number of hydrogen-bond acceptors (Lipinski definition) is 5. The molecule has 1 fully saturated rings. The quantitative estimate of drug-likeness (QED) is 0.850. The van der Waals surface area contributed by atoms with Crippen LogP contribution in [-0.4, -0.2) is 23.4 Å². The van der Waals surface area contributed by atoms with Crippen LogP contribution in [0.5, 0.6) is 0 Å². The fourth-order valence-electron chi connectivity index (χ4n) is 2.13. The van der Waals surface area contributed by atoms with Gasteiger partial charge in [-0.3, -0.25) is 0 Å². The number of nitrogens with zero attached hydrogens (tertiary/aromatic N) is 2. The van der Waals surface area contributed by atoms with Crippen molar-refractivity contribution in [1.29, 1.82) is 0 Å². The van der Waals surface area contributed by atoms with Gasteiger partial charge >= 0.3 is 0 Å². The minimum atomic E-state index is 0.302. The van der Waals surface area contributed by atoms with Crippen LogP contribution in [0.25, 0.3) is 11.5 Å². The monoisotopic (exact) mass is 264 g/mol. The van der Waals surface area contributed by atoms with E-state index in [0.717, 1.165) is 37.3 Å². The van der Waals surface area contributed by atoms with Crippen molar-refractivity contribution in [3.8, 4) is 11.5 Å². The van der Waals surface area contributed by atoms with E-state index in [4.69, 9.17) is 9.26 Å². The molecule has 0 N–H and O–H groups in total. The Bertz CT molecular complexity index is 515. The summed E-state index contributed by atoms with van der Waals surface area (Å²) in [6, 6.07) is 2.15. The predicted molar refractivity (Wildman–Crippen MR) is 69.8 cm³/mol. The summed E-state index contributed by atoms with van der Waals surface area (Å²) in [5.41, 5.74) is 1.04. The van der Waals surface area contributed by atoms with Crippen LogP contribution in [-0.2, 0) is 11.2 Å². The average Bonchev–Trinajstić information content (AvgIpc) is 3.10. The van der Waals surface area contributed by atoms with Gasteiger partial charge in [-0.25, -0.2) is 0 Å². The van der Waals surface area contributed by atoms with Gasteiger partial charge < -0.3 is 9.26 Å². The summed E-state index contributed by atoms with van der Waals surface area (Å²) in [6.07, 6.45) is 3.26. The van der Waals surface area contributed by atoms with Gasteiger partial charge in [0, 0.05) is 22.8 Å². The maximum absolute atomic E-state index is 5.34. The molecule has 0 saturated carbocycles. The van der Waals surface area contributed by atoms with E-state index in [0.29, 0.717) is 18.4 Å². The van der Waals surface area contributed by atoms with Gasteiger partial charge in [-0.2, -0.15) is 4.98 Å². The summed E-state index contributed by atoms with van der Waals surface area (Å²) in [7, 11) is 0. The van der Waals surface area contributed by atoms with Crippen molar-refractivity contribution >= 4 is 11.3 Å². The zero-order valence-electron chi connectivity index (χ0n) is 10.4. The van der Waals surface area contributed by atoms with E-state index in [-0.39, 0.29) is 0 Å². The second-order valence-corrected chi connectivity index (χ2v) is 5.57. The summed E-state index contributed by atoms with van der Waals surface area (Å²) in [5, 5.41) is 6.16. The maximum atomic E-state index is 5.34. The molecule has 0 aliphatic carbocycles. The van der Waals surface area contributed by atoms with Gasteiger partial charge in [0.2, 0.25) is 0 Å². The van der Waals surface area contributed by atoms with Crippen LogP contribution >= 0.6 is 11.3 Å². The molecule has 0 amide bonds. The Morgan fingerprint density at radius 1 is 1.50 bits per heavy atom. The Morgan fingerprint density at radius 2 is 2.44 bits per heavy atom. The number of ether oxygens (including phenoxy) is 1. The fourth-order valence-corrected chi connectivity index (χ4v) is 3.09. The number of hydrogen-bond donors (Lipinski definition) is 0. The van der Waals surface area contributed by atoms with E-state index in [1.807, 2.05) is 0 Å². The fraction of sp³-hybridized carbons (Fsp3) is 0.538. The van der Waals surface area contributed by atoms with Crippen molar-refractivity contribution in [3.05, 3.63) is 22.1 Å².